The van der Waals surface area contributed by atoms with Gasteiger partial charge in [0.1, 0.15) is 11.8 Å². The van der Waals surface area contributed by atoms with Crippen molar-refractivity contribution in [3.05, 3.63) is 29.3 Å². The minimum absolute atomic E-state index is 0.0327. The molecule has 1 rings (SSSR count). The Bertz CT molecular complexity index is 452. The fourth-order valence-corrected chi connectivity index (χ4v) is 1.46. The molecule has 1 amide bonds. The first-order chi connectivity index (χ1) is 9.04. The Morgan fingerprint density at radius 3 is 2.63 bits per heavy atom. The van der Waals surface area contributed by atoms with Gasteiger partial charge in [0.25, 0.3) is 0 Å². The van der Waals surface area contributed by atoms with Crippen molar-refractivity contribution < 1.29 is 24.5 Å². The first-order valence-corrected chi connectivity index (χ1v) is 5.92. The molecule has 0 bridgehead atoms. The number of hydrogen-bond donors (Lipinski definition) is 3. The molecule has 3 N–H and O–H groups in total. The van der Waals surface area contributed by atoms with Gasteiger partial charge < -0.3 is 20.3 Å². The van der Waals surface area contributed by atoms with E-state index in [0.717, 1.165) is 0 Å². The minimum Gasteiger partial charge on any atom is -0.491 e. The van der Waals surface area contributed by atoms with Gasteiger partial charge >= 0.3 is 5.97 Å². The van der Waals surface area contributed by atoms with Crippen molar-refractivity contribution in [1.29, 1.82) is 0 Å². The molecule has 7 heteroatoms. The first kappa shape index (κ1) is 15.3. The summed E-state index contributed by atoms with van der Waals surface area (Å²) in [6, 6.07) is 5.51. The maximum atomic E-state index is 11.4. The Morgan fingerprint density at radius 2 is 2.05 bits per heavy atom. The van der Waals surface area contributed by atoms with Crippen LogP contribution in [0, 0.1) is 0 Å². The third-order valence-corrected chi connectivity index (χ3v) is 2.55. The van der Waals surface area contributed by atoms with Crippen LogP contribution >= 0.6 is 11.6 Å². The number of rotatable bonds is 7. The fraction of sp³-hybridized carbons (Fsp3) is 0.333. The predicted octanol–water partition coefficient (Wildman–Crippen LogP) is 0.671. The van der Waals surface area contributed by atoms with Gasteiger partial charge in [0.15, 0.2) is 0 Å². The molecule has 0 fully saturated rings. The van der Waals surface area contributed by atoms with Crippen LogP contribution in [0.2, 0.25) is 5.02 Å². The number of nitrogens with one attached hydrogen (secondary N) is 1. The maximum absolute atomic E-state index is 11.4. The average Bonchev–Trinajstić information content (AvgIpc) is 2.38. The smallest absolute Gasteiger partial charge is 0.328 e. The van der Waals surface area contributed by atoms with Gasteiger partial charge in [-0.3, -0.25) is 4.79 Å². The lowest BCUT2D eigenvalue weighted by Crippen LogP contribution is -2.43. The van der Waals surface area contributed by atoms with Crippen LogP contribution in [0.15, 0.2) is 24.3 Å². The second-order valence-corrected chi connectivity index (χ2v) is 4.08. The summed E-state index contributed by atoms with van der Waals surface area (Å²) >= 11 is 5.85. The molecule has 1 aromatic rings. The van der Waals surface area contributed by atoms with Gasteiger partial charge in [0.05, 0.1) is 24.7 Å². The number of carboxylic acid groups (broad SMARTS) is 1. The number of carbonyl (C=O) groups is 2. The van der Waals surface area contributed by atoms with Crippen LogP contribution < -0.4 is 10.1 Å². The summed E-state index contributed by atoms with van der Waals surface area (Å²) in [5.41, 5.74) is 0. The highest BCUT2D eigenvalue weighted by molar-refractivity contribution is 6.32. The molecule has 0 radical (unpaired) electrons. The number of carboxylic acids is 1. The molecular formula is C12H14ClNO5. The second kappa shape index (κ2) is 7.60. The predicted molar refractivity (Wildman–Crippen MR) is 68.2 cm³/mol. The topological polar surface area (TPSA) is 95.9 Å². The standard InChI is InChI=1S/C12H14ClNO5/c13-8-3-1-2-4-10(8)19-6-5-11(16)14-9(7-15)12(17)18/h1-4,9,15H,5-7H2,(H,14,16)(H,17,18). The number of para-hydroxylation sites is 1. The number of carbonyl (C=O) groups excluding carboxylic acids is 1. The molecule has 104 valence electrons. The molecule has 0 saturated heterocycles. The lowest BCUT2D eigenvalue weighted by atomic mass is 10.3. The number of aliphatic carboxylic acids is 1. The molecule has 1 aromatic carbocycles. The van der Waals surface area contributed by atoms with Gasteiger partial charge in [-0.05, 0) is 12.1 Å². The lowest BCUT2D eigenvalue weighted by Gasteiger charge is -2.12. The molecule has 0 heterocycles. The van der Waals surface area contributed by atoms with Crippen LogP contribution in [0.4, 0.5) is 0 Å². The van der Waals surface area contributed by atoms with E-state index in [1.54, 1.807) is 24.3 Å². The summed E-state index contributed by atoms with van der Waals surface area (Å²) in [6.45, 7) is -0.597. The zero-order chi connectivity index (χ0) is 14.3. The van der Waals surface area contributed by atoms with Crippen molar-refractivity contribution in [2.45, 2.75) is 12.5 Å². The largest absolute Gasteiger partial charge is 0.491 e. The lowest BCUT2D eigenvalue weighted by molar-refractivity contribution is -0.143. The van der Waals surface area contributed by atoms with E-state index in [0.29, 0.717) is 10.8 Å². The maximum Gasteiger partial charge on any atom is 0.328 e. The summed E-state index contributed by atoms with van der Waals surface area (Å²) in [5, 5.41) is 20.0. The van der Waals surface area contributed by atoms with Gasteiger partial charge in [-0.1, -0.05) is 23.7 Å². The Hall–Kier alpha value is -1.79. The molecule has 1 unspecified atom stereocenters. The highest BCUT2D eigenvalue weighted by Gasteiger charge is 2.18. The van der Waals surface area contributed by atoms with Gasteiger partial charge in [0.2, 0.25) is 5.91 Å². The van der Waals surface area contributed by atoms with Crippen molar-refractivity contribution in [3.63, 3.8) is 0 Å². The molecule has 0 aliphatic rings. The molecule has 0 aliphatic carbocycles. The fourth-order valence-electron chi connectivity index (χ4n) is 1.27. The number of amides is 1. The Labute approximate surface area is 114 Å². The van der Waals surface area contributed by atoms with E-state index in [1.807, 2.05) is 0 Å². The highest BCUT2D eigenvalue weighted by Crippen LogP contribution is 2.22. The average molecular weight is 288 g/mol. The van der Waals surface area contributed by atoms with Gasteiger partial charge in [0, 0.05) is 0 Å². The van der Waals surface area contributed by atoms with Crippen LogP contribution in [0.25, 0.3) is 0 Å². The van der Waals surface area contributed by atoms with Gasteiger partial charge in [-0.2, -0.15) is 0 Å². The summed E-state index contributed by atoms with van der Waals surface area (Å²) in [4.78, 5) is 22.0. The van der Waals surface area contributed by atoms with E-state index >= 15 is 0 Å². The number of ether oxygens (including phenoxy) is 1. The summed E-state index contributed by atoms with van der Waals surface area (Å²) in [7, 11) is 0. The van der Waals surface area contributed by atoms with Crippen molar-refractivity contribution >= 4 is 23.5 Å². The molecule has 0 spiro atoms. The Morgan fingerprint density at radius 1 is 1.37 bits per heavy atom. The number of benzene rings is 1. The number of hydrogen-bond acceptors (Lipinski definition) is 4. The normalized spacial score (nSPS) is 11.7. The number of halogens is 1. The van der Waals surface area contributed by atoms with E-state index in [1.165, 1.54) is 0 Å². The first-order valence-electron chi connectivity index (χ1n) is 5.55. The molecular weight excluding hydrogens is 274 g/mol. The number of aliphatic hydroxyl groups is 1. The monoisotopic (exact) mass is 287 g/mol. The van der Waals surface area contributed by atoms with Crippen LogP contribution in [0.3, 0.4) is 0 Å². The summed E-state index contributed by atoms with van der Waals surface area (Å²) in [5.74, 6) is -1.36. The zero-order valence-corrected chi connectivity index (χ0v) is 10.8. The molecule has 6 nitrogen and oxygen atoms in total. The quantitative estimate of drug-likeness (QED) is 0.685. The van der Waals surface area contributed by atoms with E-state index < -0.39 is 24.5 Å². The highest BCUT2D eigenvalue weighted by atomic mass is 35.5. The van der Waals surface area contributed by atoms with E-state index in [2.05, 4.69) is 5.32 Å². The molecule has 0 aromatic heterocycles. The van der Waals surface area contributed by atoms with Gasteiger partial charge in [-0.25, -0.2) is 4.79 Å². The Balaban J connectivity index is 2.35. The van der Waals surface area contributed by atoms with Crippen LogP contribution in [0.1, 0.15) is 6.42 Å². The van der Waals surface area contributed by atoms with Crippen molar-refractivity contribution in [2.75, 3.05) is 13.2 Å². The number of aliphatic hydroxyl groups excluding tert-OH is 1. The molecule has 0 saturated carbocycles. The summed E-state index contributed by atoms with van der Waals surface area (Å²) < 4.78 is 5.28. The summed E-state index contributed by atoms with van der Waals surface area (Å²) in [6.07, 6.45) is -0.0327. The van der Waals surface area contributed by atoms with Crippen LogP contribution in [0.5, 0.6) is 5.75 Å². The third-order valence-electron chi connectivity index (χ3n) is 2.24. The minimum atomic E-state index is -1.30. The van der Waals surface area contributed by atoms with Gasteiger partial charge in [-0.15, -0.1) is 0 Å². The van der Waals surface area contributed by atoms with E-state index in [-0.39, 0.29) is 13.0 Å². The van der Waals surface area contributed by atoms with Crippen LogP contribution in [-0.4, -0.2) is 41.3 Å². The third kappa shape index (κ3) is 5.15. The SMILES string of the molecule is O=C(CCOc1ccccc1Cl)NC(CO)C(=O)O. The van der Waals surface area contributed by atoms with Crippen molar-refractivity contribution in [2.24, 2.45) is 0 Å². The molecule has 0 aliphatic heterocycles. The van der Waals surface area contributed by atoms with Crippen LogP contribution in [-0.2, 0) is 9.59 Å². The van der Waals surface area contributed by atoms with E-state index in [4.69, 9.17) is 26.6 Å². The van der Waals surface area contributed by atoms with Crippen molar-refractivity contribution in [1.82, 2.24) is 5.32 Å². The second-order valence-electron chi connectivity index (χ2n) is 3.67. The molecule has 19 heavy (non-hydrogen) atoms. The molecule has 1 atom stereocenters. The van der Waals surface area contributed by atoms with E-state index in [9.17, 15) is 9.59 Å². The van der Waals surface area contributed by atoms with Crippen molar-refractivity contribution in [3.8, 4) is 5.75 Å². The zero-order valence-electron chi connectivity index (χ0n) is 10.0. The Kier molecular flexibility index (Phi) is 6.11.